The standard InChI is InChI=1S/C21H21N5O5/c1-2-3-12-31-17-10-8-16(9-11-17)25-20-18(26(29)30)19(22-13-23-20)24-15-6-4-14(5-7-15)21(27)28/h4-11,13H,2-3,12H2,1H3,(H,27,28)(H2,22,23,24,25). The topological polar surface area (TPSA) is 140 Å². The third-order valence-electron chi connectivity index (χ3n) is 4.28. The van der Waals surface area contributed by atoms with E-state index >= 15 is 0 Å². The van der Waals surface area contributed by atoms with Crippen LogP contribution >= 0.6 is 0 Å². The number of nitro groups is 1. The van der Waals surface area contributed by atoms with E-state index in [1.54, 1.807) is 24.3 Å². The van der Waals surface area contributed by atoms with Gasteiger partial charge in [0, 0.05) is 11.4 Å². The highest BCUT2D eigenvalue weighted by molar-refractivity contribution is 5.88. The number of hydrogen-bond acceptors (Lipinski definition) is 8. The molecule has 3 aromatic rings. The molecule has 160 valence electrons. The lowest BCUT2D eigenvalue weighted by Gasteiger charge is -2.11. The van der Waals surface area contributed by atoms with Crippen molar-refractivity contribution in [2.45, 2.75) is 19.8 Å². The molecule has 0 saturated heterocycles. The molecular formula is C21H21N5O5. The molecule has 10 heteroatoms. The van der Waals surface area contributed by atoms with Gasteiger partial charge in [0.05, 0.1) is 17.1 Å². The van der Waals surface area contributed by atoms with Gasteiger partial charge in [-0.2, -0.15) is 0 Å². The van der Waals surface area contributed by atoms with E-state index in [1.165, 1.54) is 30.6 Å². The number of unbranched alkanes of at least 4 members (excludes halogenated alkanes) is 1. The smallest absolute Gasteiger partial charge is 0.353 e. The first kappa shape index (κ1) is 21.5. The highest BCUT2D eigenvalue weighted by atomic mass is 16.6. The van der Waals surface area contributed by atoms with Gasteiger partial charge in [-0.05, 0) is 55.0 Å². The van der Waals surface area contributed by atoms with Gasteiger partial charge in [-0.25, -0.2) is 14.8 Å². The van der Waals surface area contributed by atoms with Crippen molar-refractivity contribution in [1.29, 1.82) is 0 Å². The number of carboxylic acid groups (broad SMARTS) is 1. The molecule has 0 bridgehead atoms. The highest BCUT2D eigenvalue weighted by Gasteiger charge is 2.23. The van der Waals surface area contributed by atoms with Crippen molar-refractivity contribution in [3.05, 3.63) is 70.5 Å². The van der Waals surface area contributed by atoms with Crippen molar-refractivity contribution in [3.8, 4) is 5.75 Å². The normalized spacial score (nSPS) is 10.4. The number of aromatic carboxylic acids is 1. The number of carbonyl (C=O) groups is 1. The van der Waals surface area contributed by atoms with Crippen LogP contribution in [0.1, 0.15) is 30.1 Å². The van der Waals surface area contributed by atoms with Gasteiger partial charge in [-0.15, -0.1) is 0 Å². The second kappa shape index (κ2) is 10.0. The first-order valence-electron chi connectivity index (χ1n) is 9.57. The third-order valence-corrected chi connectivity index (χ3v) is 4.28. The van der Waals surface area contributed by atoms with Crippen LogP contribution in [0.3, 0.4) is 0 Å². The van der Waals surface area contributed by atoms with Gasteiger partial charge in [0.1, 0.15) is 12.1 Å². The fraction of sp³-hybridized carbons (Fsp3) is 0.190. The predicted molar refractivity (Wildman–Crippen MR) is 115 cm³/mol. The average molecular weight is 423 g/mol. The van der Waals surface area contributed by atoms with Gasteiger partial charge in [0.15, 0.2) is 0 Å². The van der Waals surface area contributed by atoms with Crippen molar-refractivity contribution in [2.24, 2.45) is 0 Å². The second-order valence-electron chi connectivity index (χ2n) is 6.54. The fourth-order valence-electron chi connectivity index (χ4n) is 2.67. The monoisotopic (exact) mass is 423 g/mol. The molecule has 10 nitrogen and oxygen atoms in total. The Morgan fingerprint density at radius 1 is 1.03 bits per heavy atom. The van der Waals surface area contributed by atoms with E-state index in [0.717, 1.165) is 12.8 Å². The van der Waals surface area contributed by atoms with E-state index in [2.05, 4.69) is 27.5 Å². The molecule has 0 unspecified atom stereocenters. The molecule has 31 heavy (non-hydrogen) atoms. The van der Waals surface area contributed by atoms with E-state index in [4.69, 9.17) is 9.84 Å². The van der Waals surface area contributed by atoms with Crippen LogP contribution in [0, 0.1) is 10.1 Å². The molecule has 0 radical (unpaired) electrons. The summed E-state index contributed by atoms with van der Waals surface area (Å²) in [5.74, 6) is -0.356. The van der Waals surface area contributed by atoms with Gasteiger partial charge in [0.2, 0.25) is 11.6 Å². The molecule has 3 rings (SSSR count). The van der Waals surface area contributed by atoms with Crippen LogP contribution in [0.25, 0.3) is 0 Å². The summed E-state index contributed by atoms with van der Waals surface area (Å²) >= 11 is 0. The SMILES string of the molecule is CCCCOc1ccc(Nc2ncnc(Nc3ccc(C(=O)O)cc3)c2[N+](=O)[O-])cc1. The van der Waals surface area contributed by atoms with Crippen LogP contribution < -0.4 is 15.4 Å². The van der Waals surface area contributed by atoms with Gasteiger partial charge in [0.25, 0.3) is 0 Å². The number of aromatic nitrogens is 2. The fourth-order valence-corrected chi connectivity index (χ4v) is 2.67. The lowest BCUT2D eigenvalue weighted by molar-refractivity contribution is -0.383. The number of carboxylic acids is 1. The van der Waals surface area contributed by atoms with E-state index in [-0.39, 0.29) is 22.9 Å². The van der Waals surface area contributed by atoms with Crippen molar-refractivity contribution in [3.63, 3.8) is 0 Å². The zero-order chi connectivity index (χ0) is 22.2. The molecule has 0 aliphatic rings. The molecule has 0 atom stereocenters. The van der Waals surface area contributed by atoms with E-state index in [0.29, 0.717) is 23.7 Å². The molecule has 0 fully saturated rings. The Balaban J connectivity index is 1.80. The number of anilines is 4. The minimum Gasteiger partial charge on any atom is -0.494 e. The molecule has 0 amide bonds. The lowest BCUT2D eigenvalue weighted by Crippen LogP contribution is -2.06. The Labute approximate surface area is 178 Å². The van der Waals surface area contributed by atoms with Gasteiger partial charge >= 0.3 is 11.7 Å². The Morgan fingerprint density at radius 3 is 2.06 bits per heavy atom. The van der Waals surface area contributed by atoms with Crippen LogP contribution in [0.5, 0.6) is 5.75 Å². The number of ether oxygens (including phenoxy) is 1. The van der Waals surface area contributed by atoms with Crippen molar-refractivity contribution < 1.29 is 19.6 Å². The number of benzene rings is 2. The molecule has 3 N–H and O–H groups in total. The summed E-state index contributed by atoms with van der Waals surface area (Å²) in [6.07, 6.45) is 3.20. The summed E-state index contributed by atoms with van der Waals surface area (Å²) in [6.45, 7) is 2.71. The molecule has 1 heterocycles. The van der Waals surface area contributed by atoms with Gasteiger partial charge in [-0.3, -0.25) is 10.1 Å². The van der Waals surface area contributed by atoms with Crippen molar-refractivity contribution in [2.75, 3.05) is 17.2 Å². The number of nitrogens with one attached hydrogen (secondary N) is 2. The largest absolute Gasteiger partial charge is 0.494 e. The number of nitrogens with zero attached hydrogens (tertiary/aromatic N) is 3. The highest BCUT2D eigenvalue weighted by Crippen LogP contribution is 2.33. The summed E-state index contributed by atoms with van der Waals surface area (Å²) in [5, 5.41) is 26.5. The minimum atomic E-state index is -1.06. The maximum absolute atomic E-state index is 11.7. The van der Waals surface area contributed by atoms with Crippen LogP contribution in [-0.2, 0) is 0 Å². The summed E-state index contributed by atoms with van der Waals surface area (Å²) in [6, 6.07) is 12.8. The minimum absolute atomic E-state index is 0.0179. The second-order valence-corrected chi connectivity index (χ2v) is 6.54. The molecule has 2 aromatic carbocycles. The Morgan fingerprint density at radius 2 is 1.58 bits per heavy atom. The van der Waals surface area contributed by atoms with Gasteiger partial charge < -0.3 is 20.5 Å². The van der Waals surface area contributed by atoms with E-state index < -0.39 is 10.9 Å². The summed E-state index contributed by atoms with van der Waals surface area (Å²) in [7, 11) is 0. The Kier molecular flexibility index (Phi) is 6.94. The van der Waals surface area contributed by atoms with Crippen LogP contribution in [0.15, 0.2) is 54.9 Å². The van der Waals surface area contributed by atoms with E-state index in [9.17, 15) is 14.9 Å². The van der Waals surface area contributed by atoms with Crippen molar-refractivity contribution in [1.82, 2.24) is 9.97 Å². The maximum atomic E-state index is 11.7. The zero-order valence-electron chi connectivity index (χ0n) is 16.7. The zero-order valence-corrected chi connectivity index (χ0v) is 16.7. The van der Waals surface area contributed by atoms with Crippen LogP contribution in [-0.4, -0.2) is 32.6 Å². The average Bonchev–Trinajstić information content (AvgIpc) is 2.75. The van der Waals surface area contributed by atoms with Gasteiger partial charge in [-0.1, -0.05) is 13.3 Å². The summed E-state index contributed by atoms with van der Waals surface area (Å²) < 4.78 is 5.61. The van der Waals surface area contributed by atoms with E-state index in [1.807, 2.05) is 0 Å². The number of hydrogen-bond donors (Lipinski definition) is 3. The molecule has 0 aliphatic heterocycles. The lowest BCUT2D eigenvalue weighted by atomic mass is 10.2. The maximum Gasteiger partial charge on any atom is 0.353 e. The van der Waals surface area contributed by atoms with Crippen molar-refractivity contribution >= 4 is 34.7 Å². The molecule has 0 saturated carbocycles. The molecule has 1 aromatic heterocycles. The summed E-state index contributed by atoms with van der Waals surface area (Å²) in [4.78, 5) is 30.1. The summed E-state index contributed by atoms with van der Waals surface area (Å²) in [5.41, 5.74) is 0.813. The predicted octanol–water partition coefficient (Wildman–Crippen LogP) is 4.75. The first-order valence-corrected chi connectivity index (χ1v) is 9.57. The van der Waals surface area contributed by atoms with Crippen LogP contribution in [0.4, 0.5) is 28.7 Å². The molecule has 0 aliphatic carbocycles. The quantitative estimate of drug-likeness (QED) is 0.239. The Bertz CT molecular complexity index is 1050. The molecular weight excluding hydrogens is 402 g/mol. The third kappa shape index (κ3) is 5.66. The molecule has 0 spiro atoms. The first-order chi connectivity index (χ1) is 15.0. The Hall–Kier alpha value is -4.21. The number of rotatable bonds is 10. The van der Waals surface area contributed by atoms with Crippen LogP contribution in [0.2, 0.25) is 0 Å².